The van der Waals surface area contributed by atoms with Gasteiger partial charge < -0.3 is 0 Å². The zero-order valence-electron chi connectivity index (χ0n) is 11.9. The van der Waals surface area contributed by atoms with Crippen molar-refractivity contribution >= 4 is 34.1 Å². The van der Waals surface area contributed by atoms with Crippen LogP contribution in [0.3, 0.4) is 0 Å². The van der Waals surface area contributed by atoms with E-state index in [1.807, 2.05) is 12.1 Å². The molecule has 0 radical (unpaired) electrons. The minimum absolute atomic E-state index is 0.264. The molecule has 0 aliphatic carbocycles. The lowest BCUT2D eigenvalue weighted by Gasteiger charge is -2.08. The van der Waals surface area contributed by atoms with E-state index in [1.54, 1.807) is 11.8 Å². The van der Waals surface area contributed by atoms with Gasteiger partial charge in [0.25, 0.3) is 0 Å². The lowest BCUT2D eigenvalue weighted by Crippen LogP contribution is -1.98. The largest absolute Gasteiger partial charge is 0.226 e. The van der Waals surface area contributed by atoms with Gasteiger partial charge in [0, 0.05) is 16.9 Å². The Morgan fingerprint density at radius 2 is 1.71 bits per heavy atom. The number of rotatable bonds is 3. The first-order valence-corrected chi connectivity index (χ1v) is 8.02. The summed E-state index contributed by atoms with van der Waals surface area (Å²) in [5.41, 5.74) is 0. The van der Waals surface area contributed by atoms with Crippen molar-refractivity contribution in [3.8, 4) is 0 Å². The normalized spacial score (nSPS) is 11.2. The Kier molecular flexibility index (Phi) is 4.13. The molecule has 0 aliphatic heterocycles. The predicted molar refractivity (Wildman–Crippen MR) is 89.2 cm³/mol. The van der Waals surface area contributed by atoms with Crippen molar-refractivity contribution in [2.45, 2.75) is 29.7 Å². The molecule has 4 heteroatoms. The van der Waals surface area contributed by atoms with Crippen LogP contribution in [0.4, 0.5) is 0 Å². The van der Waals surface area contributed by atoms with Gasteiger partial charge in [0.05, 0.1) is 0 Å². The summed E-state index contributed by atoms with van der Waals surface area (Å²) >= 11 is 7.70. The standard InChI is InChI=1S/C17H15ClN2S/c1-11(2)17-19-15(18)10-16(20-17)21-14-8-7-12-5-3-4-6-13(12)9-14/h3-11H,1-2H3. The van der Waals surface area contributed by atoms with Crippen molar-refractivity contribution in [1.82, 2.24) is 9.97 Å². The highest BCUT2D eigenvalue weighted by Crippen LogP contribution is 2.30. The van der Waals surface area contributed by atoms with Crippen LogP contribution in [0.1, 0.15) is 25.6 Å². The van der Waals surface area contributed by atoms with Crippen LogP contribution in [0.15, 0.2) is 58.5 Å². The van der Waals surface area contributed by atoms with E-state index in [0.29, 0.717) is 5.15 Å². The first kappa shape index (κ1) is 14.4. The SMILES string of the molecule is CC(C)c1nc(Cl)cc(Sc2ccc3ccccc3c2)n1. The molecule has 3 aromatic rings. The van der Waals surface area contributed by atoms with E-state index in [2.05, 4.69) is 60.2 Å². The topological polar surface area (TPSA) is 25.8 Å². The summed E-state index contributed by atoms with van der Waals surface area (Å²) in [5, 5.41) is 3.85. The van der Waals surface area contributed by atoms with Gasteiger partial charge in [-0.3, -0.25) is 0 Å². The van der Waals surface area contributed by atoms with E-state index in [4.69, 9.17) is 11.6 Å². The van der Waals surface area contributed by atoms with E-state index in [9.17, 15) is 0 Å². The lowest BCUT2D eigenvalue weighted by atomic mass is 10.1. The third-order valence-corrected chi connectivity index (χ3v) is 4.25. The number of nitrogens with zero attached hydrogens (tertiary/aromatic N) is 2. The maximum absolute atomic E-state index is 6.09. The fraction of sp³-hybridized carbons (Fsp3) is 0.176. The highest BCUT2D eigenvalue weighted by Gasteiger charge is 2.08. The second kappa shape index (κ2) is 6.04. The lowest BCUT2D eigenvalue weighted by molar-refractivity contribution is 0.753. The van der Waals surface area contributed by atoms with Gasteiger partial charge in [-0.15, -0.1) is 0 Å². The van der Waals surface area contributed by atoms with Gasteiger partial charge in [0.15, 0.2) is 0 Å². The molecule has 0 saturated heterocycles. The quantitative estimate of drug-likeness (QED) is 0.592. The maximum Gasteiger partial charge on any atom is 0.133 e. The minimum atomic E-state index is 0.264. The van der Waals surface area contributed by atoms with Gasteiger partial charge in [0.2, 0.25) is 0 Å². The molecule has 0 bridgehead atoms. The molecule has 2 nitrogen and oxygen atoms in total. The Hall–Kier alpha value is -1.58. The molecule has 0 atom stereocenters. The summed E-state index contributed by atoms with van der Waals surface area (Å²) in [4.78, 5) is 9.99. The van der Waals surface area contributed by atoms with Crippen LogP contribution in [0.2, 0.25) is 5.15 Å². The predicted octanol–water partition coefficient (Wildman–Crippen LogP) is 5.56. The first-order valence-electron chi connectivity index (χ1n) is 6.83. The molecule has 0 spiro atoms. The Morgan fingerprint density at radius 1 is 0.952 bits per heavy atom. The summed E-state index contributed by atoms with van der Waals surface area (Å²) in [5.74, 6) is 1.05. The number of fused-ring (bicyclic) bond motifs is 1. The van der Waals surface area contributed by atoms with Gasteiger partial charge in [-0.1, -0.05) is 67.5 Å². The van der Waals surface area contributed by atoms with Gasteiger partial charge in [0.1, 0.15) is 16.0 Å². The average Bonchev–Trinajstić information content (AvgIpc) is 2.46. The fourth-order valence-corrected chi connectivity index (χ4v) is 3.20. The minimum Gasteiger partial charge on any atom is -0.226 e. The molecule has 106 valence electrons. The van der Waals surface area contributed by atoms with Crippen LogP contribution in [0, 0.1) is 0 Å². The smallest absolute Gasteiger partial charge is 0.133 e. The summed E-state index contributed by atoms with van der Waals surface area (Å²) < 4.78 is 0. The van der Waals surface area contributed by atoms with Crippen LogP contribution in [0.25, 0.3) is 10.8 Å². The maximum atomic E-state index is 6.09. The number of aromatic nitrogens is 2. The monoisotopic (exact) mass is 314 g/mol. The molecule has 0 aliphatic rings. The van der Waals surface area contributed by atoms with Crippen LogP contribution in [0.5, 0.6) is 0 Å². The van der Waals surface area contributed by atoms with Gasteiger partial charge in [-0.25, -0.2) is 9.97 Å². The van der Waals surface area contributed by atoms with Crippen molar-refractivity contribution < 1.29 is 0 Å². The zero-order valence-corrected chi connectivity index (χ0v) is 13.4. The Labute approximate surface area is 133 Å². The molecular weight excluding hydrogens is 300 g/mol. The van der Waals surface area contributed by atoms with E-state index >= 15 is 0 Å². The molecule has 3 rings (SSSR count). The summed E-state index contributed by atoms with van der Waals surface area (Å²) in [6.45, 7) is 4.13. The Bertz CT molecular complexity index is 787. The number of hydrogen-bond acceptors (Lipinski definition) is 3. The molecule has 0 amide bonds. The molecule has 2 aromatic carbocycles. The average molecular weight is 315 g/mol. The van der Waals surface area contributed by atoms with Crippen LogP contribution in [-0.2, 0) is 0 Å². The summed E-state index contributed by atoms with van der Waals surface area (Å²) in [7, 11) is 0. The van der Waals surface area contributed by atoms with Crippen molar-refractivity contribution in [1.29, 1.82) is 0 Å². The third-order valence-electron chi connectivity index (χ3n) is 3.15. The zero-order chi connectivity index (χ0) is 14.8. The van der Waals surface area contributed by atoms with E-state index in [-0.39, 0.29) is 5.92 Å². The second-order valence-corrected chi connectivity index (χ2v) is 6.63. The van der Waals surface area contributed by atoms with Crippen molar-refractivity contribution in [3.63, 3.8) is 0 Å². The van der Waals surface area contributed by atoms with Crippen LogP contribution in [-0.4, -0.2) is 9.97 Å². The number of halogens is 1. The van der Waals surface area contributed by atoms with E-state index in [0.717, 1.165) is 15.7 Å². The molecule has 1 heterocycles. The molecule has 21 heavy (non-hydrogen) atoms. The fourth-order valence-electron chi connectivity index (χ4n) is 2.08. The third kappa shape index (κ3) is 3.36. The molecule has 0 N–H and O–H groups in total. The van der Waals surface area contributed by atoms with Crippen molar-refractivity contribution in [2.75, 3.05) is 0 Å². The van der Waals surface area contributed by atoms with Crippen molar-refractivity contribution in [3.05, 3.63) is 59.5 Å². The Balaban J connectivity index is 1.94. The molecule has 0 fully saturated rings. The van der Waals surface area contributed by atoms with Crippen LogP contribution >= 0.6 is 23.4 Å². The molecule has 0 unspecified atom stereocenters. The first-order chi connectivity index (χ1) is 10.1. The van der Waals surface area contributed by atoms with Gasteiger partial charge >= 0.3 is 0 Å². The summed E-state index contributed by atoms with van der Waals surface area (Å²) in [6, 6.07) is 16.6. The van der Waals surface area contributed by atoms with Crippen LogP contribution < -0.4 is 0 Å². The highest BCUT2D eigenvalue weighted by molar-refractivity contribution is 7.99. The second-order valence-electron chi connectivity index (χ2n) is 5.15. The highest BCUT2D eigenvalue weighted by atomic mass is 35.5. The number of benzene rings is 2. The van der Waals surface area contributed by atoms with E-state index < -0.39 is 0 Å². The van der Waals surface area contributed by atoms with Crippen molar-refractivity contribution in [2.24, 2.45) is 0 Å². The van der Waals surface area contributed by atoms with E-state index in [1.165, 1.54) is 10.8 Å². The number of hydrogen-bond donors (Lipinski definition) is 0. The summed E-state index contributed by atoms with van der Waals surface area (Å²) in [6.07, 6.45) is 0. The molecule has 1 aromatic heterocycles. The molecular formula is C17H15ClN2S. The van der Waals surface area contributed by atoms with Gasteiger partial charge in [-0.05, 0) is 22.9 Å². The molecule has 0 saturated carbocycles. The van der Waals surface area contributed by atoms with Gasteiger partial charge in [-0.2, -0.15) is 0 Å². The Morgan fingerprint density at radius 3 is 2.48 bits per heavy atom.